The normalized spacial score (nSPS) is 13.7. The Labute approximate surface area is 110 Å². The van der Waals surface area contributed by atoms with Gasteiger partial charge < -0.3 is 15.7 Å². The maximum atomic E-state index is 11.6. The van der Waals surface area contributed by atoms with Gasteiger partial charge in [0.2, 0.25) is 0 Å². The van der Waals surface area contributed by atoms with Gasteiger partial charge in [0, 0.05) is 17.3 Å². The van der Waals surface area contributed by atoms with E-state index in [1.165, 1.54) is 0 Å². The number of carbonyl (C=O) groups excluding carboxylic acids is 1. The molecule has 0 saturated heterocycles. The molecule has 100 valence electrons. The van der Waals surface area contributed by atoms with Crippen LogP contribution >= 0.6 is 11.3 Å². The van der Waals surface area contributed by atoms with E-state index in [0.717, 1.165) is 4.88 Å². The number of carbonyl (C=O) groups is 2. The average Bonchev–Trinajstić information content (AvgIpc) is 2.79. The van der Waals surface area contributed by atoms with Crippen molar-refractivity contribution in [3.05, 3.63) is 22.4 Å². The van der Waals surface area contributed by atoms with Gasteiger partial charge in [0.15, 0.2) is 0 Å². The van der Waals surface area contributed by atoms with Crippen LogP contribution in [0.3, 0.4) is 0 Å². The predicted octanol–water partition coefficient (Wildman–Crippen LogP) is 2.36. The monoisotopic (exact) mass is 270 g/mol. The van der Waals surface area contributed by atoms with Crippen LogP contribution in [0.15, 0.2) is 17.5 Å². The summed E-state index contributed by atoms with van der Waals surface area (Å²) in [4.78, 5) is 23.1. The van der Waals surface area contributed by atoms with E-state index < -0.39 is 5.97 Å². The molecule has 0 radical (unpaired) electrons. The number of aliphatic carboxylic acids is 1. The Kier molecular flexibility index (Phi) is 5.64. The number of thiophene rings is 1. The first-order chi connectivity index (χ1) is 8.49. The van der Waals surface area contributed by atoms with E-state index in [-0.39, 0.29) is 24.5 Å². The molecule has 2 amide bonds. The zero-order valence-electron chi connectivity index (χ0n) is 10.5. The summed E-state index contributed by atoms with van der Waals surface area (Å²) < 4.78 is 0. The fourth-order valence-electron chi connectivity index (χ4n) is 1.48. The zero-order chi connectivity index (χ0) is 13.5. The van der Waals surface area contributed by atoms with Crippen LogP contribution in [0.5, 0.6) is 0 Å². The largest absolute Gasteiger partial charge is 0.481 e. The number of rotatable bonds is 6. The molecule has 2 unspecified atom stereocenters. The Bertz CT molecular complexity index is 392. The topological polar surface area (TPSA) is 78.4 Å². The molecule has 2 atom stereocenters. The molecule has 1 aromatic rings. The first kappa shape index (κ1) is 14.5. The third-order valence-electron chi connectivity index (χ3n) is 2.49. The quantitative estimate of drug-likeness (QED) is 0.742. The third kappa shape index (κ3) is 5.18. The molecule has 3 N–H and O–H groups in total. The fraction of sp³-hybridized carbons (Fsp3) is 0.500. The van der Waals surface area contributed by atoms with Crippen LogP contribution in [-0.2, 0) is 4.79 Å². The summed E-state index contributed by atoms with van der Waals surface area (Å²) >= 11 is 1.59. The van der Waals surface area contributed by atoms with Crippen molar-refractivity contribution in [3.63, 3.8) is 0 Å². The number of hydrogen-bond acceptors (Lipinski definition) is 3. The van der Waals surface area contributed by atoms with Crippen molar-refractivity contribution in [1.29, 1.82) is 0 Å². The molecule has 1 aromatic heterocycles. The molecule has 6 heteroatoms. The van der Waals surface area contributed by atoms with Gasteiger partial charge in [-0.2, -0.15) is 0 Å². The molecular formula is C12H18N2O3S. The molecule has 18 heavy (non-hydrogen) atoms. The molecule has 5 nitrogen and oxygen atoms in total. The minimum absolute atomic E-state index is 0.0447. The summed E-state index contributed by atoms with van der Waals surface area (Å²) in [6.07, 6.45) is 0.484. The van der Waals surface area contributed by atoms with Gasteiger partial charge in [-0.1, -0.05) is 6.07 Å². The van der Waals surface area contributed by atoms with Gasteiger partial charge in [-0.15, -0.1) is 11.3 Å². The van der Waals surface area contributed by atoms with Crippen molar-refractivity contribution < 1.29 is 14.7 Å². The van der Waals surface area contributed by atoms with Gasteiger partial charge in [-0.3, -0.25) is 4.79 Å². The van der Waals surface area contributed by atoms with E-state index in [0.29, 0.717) is 6.42 Å². The Morgan fingerprint density at radius 2 is 2.11 bits per heavy atom. The van der Waals surface area contributed by atoms with Gasteiger partial charge in [0.25, 0.3) is 0 Å². The molecular weight excluding hydrogens is 252 g/mol. The Morgan fingerprint density at radius 3 is 2.67 bits per heavy atom. The van der Waals surface area contributed by atoms with E-state index in [2.05, 4.69) is 10.6 Å². The standard InChI is InChI=1S/C12H18N2O3S/c1-8(5-6-11(15)16)13-12(17)14-9(2)10-4-3-7-18-10/h3-4,7-9H,5-6H2,1-2H3,(H,15,16)(H2,13,14,17). The summed E-state index contributed by atoms with van der Waals surface area (Å²) in [5.74, 6) is -0.851. The fourth-order valence-corrected chi connectivity index (χ4v) is 2.22. The lowest BCUT2D eigenvalue weighted by Gasteiger charge is -2.17. The molecule has 0 fully saturated rings. The lowest BCUT2D eigenvalue weighted by Crippen LogP contribution is -2.41. The van der Waals surface area contributed by atoms with Crippen LogP contribution < -0.4 is 10.6 Å². The molecule has 1 rings (SSSR count). The molecule has 0 aliphatic carbocycles. The van der Waals surface area contributed by atoms with Gasteiger partial charge in [-0.25, -0.2) is 4.79 Å². The maximum absolute atomic E-state index is 11.6. The minimum Gasteiger partial charge on any atom is -0.481 e. The highest BCUT2D eigenvalue weighted by atomic mass is 32.1. The molecule has 0 bridgehead atoms. The Hall–Kier alpha value is -1.56. The molecule has 0 saturated carbocycles. The van der Waals surface area contributed by atoms with Crippen LogP contribution in [0.4, 0.5) is 4.79 Å². The summed E-state index contributed by atoms with van der Waals surface area (Å²) in [5, 5.41) is 16.0. The van der Waals surface area contributed by atoms with Crippen molar-refractivity contribution in [2.24, 2.45) is 0 Å². The molecule has 1 heterocycles. The Balaban J connectivity index is 2.30. The number of hydrogen-bond donors (Lipinski definition) is 3. The molecule has 0 aliphatic heterocycles. The highest BCUT2D eigenvalue weighted by molar-refractivity contribution is 7.10. The highest BCUT2D eigenvalue weighted by Crippen LogP contribution is 2.17. The van der Waals surface area contributed by atoms with Gasteiger partial charge >= 0.3 is 12.0 Å². The summed E-state index contributed by atoms with van der Waals surface area (Å²) in [7, 11) is 0. The van der Waals surface area contributed by atoms with E-state index in [1.54, 1.807) is 18.3 Å². The second-order valence-electron chi connectivity index (χ2n) is 4.19. The first-order valence-corrected chi connectivity index (χ1v) is 6.69. The van der Waals surface area contributed by atoms with E-state index >= 15 is 0 Å². The summed E-state index contributed by atoms with van der Waals surface area (Å²) in [5.41, 5.74) is 0. The number of nitrogens with one attached hydrogen (secondary N) is 2. The lowest BCUT2D eigenvalue weighted by atomic mass is 10.2. The van der Waals surface area contributed by atoms with Crippen molar-refractivity contribution in [2.75, 3.05) is 0 Å². The van der Waals surface area contributed by atoms with Crippen LogP contribution in [0.25, 0.3) is 0 Å². The maximum Gasteiger partial charge on any atom is 0.315 e. The minimum atomic E-state index is -0.851. The highest BCUT2D eigenvalue weighted by Gasteiger charge is 2.12. The summed E-state index contributed by atoms with van der Waals surface area (Å²) in [6.45, 7) is 3.70. The van der Waals surface area contributed by atoms with E-state index in [1.807, 2.05) is 24.4 Å². The van der Waals surface area contributed by atoms with Crippen LogP contribution in [-0.4, -0.2) is 23.1 Å². The van der Waals surface area contributed by atoms with Gasteiger partial charge in [0.05, 0.1) is 6.04 Å². The number of carboxylic acids is 1. The number of urea groups is 1. The second-order valence-corrected chi connectivity index (χ2v) is 5.17. The van der Waals surface area contributed by atoms with Crippen molar-refractivity contribution >= 4 is 23.3 Å². The van der Waals surface area contributed by atoms with Crippen LogP contribution in [0.2, 0.25) is 0 Å². The third-order valence-corrected chi connectivity index (χ3v) is 3.54. The van der Waals surface area contributed by atoms with Crippen molar-refractivity contribution in [2.45, 2.75) is 38.8 Å². The van der Waals surface area contributed by atoms with Crippen molar-refractivity contribution in [3.8, 4) is 0 Å². The summed E-state index contributed by atoms with van der Waals surface area (Å²) in [6, 6.07) is 3.43. The first-order valence-electron chi connectivity index (χ1n) is 5.81. The SMILES string of the molecule is CC(CCC(=O)O)NC(=O)NC(C)c1cccs1. The second kappa shape index (κ2) is 7.00. The Morgan fingerprint density at radius 1 is 1.39 bits per heavy atom. The molecule has 0 aliphatic rings. The number of carboxylic acid groups (broad SMARTS) is 1. The number of amides is 2. The van der Waals surface area contributed by atoms with Crippen molar-refractivity contribution in [1.82, 2.24) is 10.6 Å². The zero-order valence-corrected chi connectivity index (χ0v) is 11.3. The molecule has 0 spiro atoms. The predicted molar refractivity (Wildman–Crippen MR) is 70.7 cm³/mol. The van der Waals surface area contributed by atoms with E-state index in [9.17, 15) is 9.59 Å². The smallest absolute Gasteiger partial charge is 0.315 e. The van der Waals surface area contributed by atoms with Gasteiger partial charge in [-0.05, 0) is 31.7 Å². The lowest BCUT2D eigenvalue weighted by molar-refractivity contribution is -0.137. The van der Waals surface area contributed by atoms with E-state index in [4.69, 9.17) is 5.11 Å². The van der Waals surface area contributed by atoms with Crippen LogP contribution in [0.1, 0.15) is 37.6 Å². The molecule has 0 aromatic carbocycles. The van der Waals surface area contributed by atoms with Gasteiger partial charge in [0.1, 0.15) is 0 Å². The van der Waals surface area contributed by atoms with Crippen LogP contribution in [0, 0.1) is 0 Å². The average molecular weight is 270 g/mol.